The van der Waals surface area contributed by atoms with Crippen molar-refractivity contribution in [2.45, 2.75) is 13.0 Å². The number of nitrogens with two attached hydrogens (primary N) is 2. The molecule has 0 aliphatic carbocycles. The summed E-state index contributed by atoms with van der Waals surface area (Å²) in [6, 6.07) is 10.8. The Bertz CT molecular complexity index is 1300. The molecule has 9 nitrogen and oxygen atoms in total. The molecule has 1 aromatic heterocycles. The van der Waals surface area contributed by atoms with Crippen LogP contribution < -0.4 is 21.1 Å². The number of carbonyl (C=O) groups excluding carboxylic acids is 3. The van der Waals surface area contributed by atoms with Gasteiger partial charge in [-0.1, -0.05) is 17.3 Å². The molecule has 0 saturated carbocycles. The van der Waals surface area contributed by atoms with Crippen molar-refractivity contribution >= 4 is 45.6 Å². The number of ketones is 1. The Hall–Kier alpha value is -4.43. The molecule has 4 N–H and O–H groups in total. The number of halogens is 1. The molecule has 0 saturated heterocycles. The van der Waals surface area contributed by atoms with Crippen LogP contribution in [0.4, 0.5) is 21.0 Å². The molecule has 1 heterocycles. The standard InChI is InChI=1S/C25H24FN5O4S/c1-4-13-30(3)20(32)14-35-19-11-5-16(6-12-19)21(33)22-23(27)29-25(36-22)31(15(2)24(28)34)18-9-7-17(26)8-10-18/h1,5-12,15H,13-14,27H2,2-3H3,(H2,28,34)/t15-/m1/s1. The van der Waals surface area contributed by atoms with Crippen molar-refractivity contribution in [3.05, 3.63) is 64.8 Å². The number of primary amides is 1. The summed E-state index contributed by atoms with van der Waals surface area (Å²) in [5.41, 5.74) is 12.3. The van der Waals surface area contributed by atoms with Crippen molar-refractivity contribution in [2.24, 2.45) is 5.73 Å². The molecule has 0 unspecified atom stereocenters. The summed E-state index contributed by atoms with van der Waals surface area (Å²) in [6.45, 7) is 1.54. The second-order valence-corrected chi connectivity index (χ2v) is 8.71. The van der Waals surface area contributed by atoms with E-state index < -0.39 is 23.5 Å². The van der Waals surface area contributed by atoms with E-state index >= 15 is 0 Å². The number of nitrogens with zero attached hydrogens (tertiary/aromatic N) is 3. The fourth-order valence-corrected chi connectivity index (χ4v) is 4.18. The molecule has 0 bridgehead atoms. The van der Waals surface area contributed by atoms with Gasteiger partial charge in [0.1, 0.15) is 28.3 Å². The summed E-state index contributed by atoms with van der Waals surface area (Å²) in [7, 11) is 1.57. The van der Waals surface area contributed by atoms with E-state index in [9.17, 15) is 18.8 Å². The monoisotopic (exact) mass is 509 g/mol. The maximum Gasteiger partial charge on any atom is 0.261 e. The van der Waals surface area contributed by atoms with Crippen molar-refractivity contribution in [2.75, 3.05) is 30.8 Å². The first-order chi connectivity index (χ1) is 17.1. The van der Waals surface area contributed by atoms with Crippen LogP contribution in [-0.2, 0) is 9.59 Å². The van der Waals surface area contributed by atoms with Crippen molar-refractivity contribution in [3.63, 3.8) is 0 Å². The largest absolute Gasteiger partial charge is 0.484 e. The smallest absolute Gasteiger partial charge is 0.261 e. The van der Waals surface area contributed by atoms with Crippen molar-refractivity contribution in [1.29, 1.82) is 0 Å². The van der Waals surface area contributed by atoms with Gasteiger partial charge in [-0.2, -0.15) is 0 Å². The van der Waals surface area contributed by atoms with Crippen LogP contribution in [0.1, 0.15) is 22.2 Å². The number of amides is 2. The maximum absolute atomic E-state index is 13.4. The molecule has 36 heavy (non-hydrogen) atoms. The van der Waals surface area contributed by atoms with Crippen LogP contribution in [0, 0.1) is 18.2 Å². The first-order valence-corrected chi connectivity index (χ1v) is 11.5. The highest BCUT2D eigenvalue weighted by atomic mass is 32.1. The van der Waals surface area contributed by atoms with E-state index in [-0.39, 0.29) is 34.9 Å². The molecule has 0 aliphatic rings. The molecule has 0 fully saturated rings. The number of aromatic nitrogens is 1. The molecule has 0 aliphatic heterocycles. The van der Waals surface area contributed by atoms with Crippen LogP contribution >= 0.6 is 11.3 Å². The maximum atomic E-state index is 13.4. The third-order valence-corrected chi connectivity index (χ3v) is 6.26. The van der Waals surface area contributed by atoms with Gasteiger partial charge >= 0.3 is 0 Å². The number of likely N-dealkylation sites (N-methyl/N-ethyl adjacent to an activating group) is 1. The summed E-state index contributed by atoms with van der Waals surface area (Å²) in [5, 5.41) is 0.253. The Morgan fingerprint density at radius 1 is 1.17 bits per heavy atom. The Balaban J connectivity index is 1.81. The van der Waals surface area contributed by atoms with Crippen LogP contribution in [0.3, 0.4) is 0 Å². The van der Waals surface area contributed by atoms with E-state index in [0.717, 1.165) is 11.3 Å². The van der Waals surface area contributed by atoms with Crippen molar-refractivity contribution in [1.82, 2.24) is 9.88 Å². The highest BCUT2D eigenvalue weighted by Crippen LogP contribution is 2.36. The second kappa shape index (κ2) is 11.3. The first kappa shape index (κ1) is 26.2. The highest BCUT2D eigenvalue weighted by Gasteiger charge is 2.27. The number of hydrogen-bond acceptors (Lipinski definition) is 8. The number of benzene rings is 2. The van der Waals surface area contributed by atoms with Crippen LogP contribution in [-0.4, -0.2) is 53.7 Å². The third-order valence-electron chi connectivity index (χ3n) is 5.19. The Morgan fingerprint density at radius 3 is 2.39 bits per heavy atom. The van der Waals surface area contributed by atoms with Gasteiger partial charge in [-0.05, 0) is 55.5 Å². The summed E-state index contributed by atoms with van der Waals surface area (Å²) < 4.78 is 18.9. The lowest BCUT2D eigenvalue weighted by molar-refractivity contribution is -0.131. The lowest BCUT2D eigenvalue weighted by Crippen LogP contribution is -2.39. The molecule has 3 aromatic rings. The predicted octanol–water partition coefficient (Wildman–Crippen LogP) is 2.58. The molecular weight excluding hydrogens is 485 g/mol. The van der Waals surface area contributed by atoms with E-state index in [4.69, 9.17) is 22.6 Å². The Labute approximate surface area is 211 Å². The molecule has 186 valence electrons. The predicted molar refractivity (Wildman–Crippen MR) is 136 cm³/mol. The summed E-state index contributed by atoms with van der Waals surface area (Å²) in [4.78, 5) is 44.3. The lowest BCUT2D eigenvalue weighted by atomic mass is 10.1. The molecule has 1 atom stereocenters. The quantitative estimate of drug-likeness (QED) is 0.317. The Morgan fingerprint density at radius 2 is 1.81 bits per heavy atom. The van der Waals surface area contributed by atoms with Gasteiger partial charge in [-0.15, -0.1) is 6.42 Å². The lowest BCUT2D eigenvalue weighted by Gasteiger charge is -2.26. The van der Waals surface area contributed by atoms with E-state index in [1.54, 1.807) is 26.1 Å². The topological polar surface area (TPSA) is 132 Å². The van der Waals surface area contributed by atoms with Gasteiger partial charge in [0.25, 0.3) is 5.91 Å². The first-order valence-electron chi connectivity index (χ1n) is 10.7. The SMILES string of the molecule is C#CCN(C)C(=O)COc1ccc(C(=O)c2sc(N(c3ccc(F)cc3)[C@H](C)C(N)=O)nc2N)cc1. The number of rotatable bonds is 10. The number of nitrogen functional groups attached to an aromatic ring is 1. The number of terminal acetylenes is 1. The molecular formula is C25H24FN5O4S. The van der Waals surface area contributed by atoms with Crippen molar-refractivity contribution < 1.29 is 23.5 Å². The molecule has 3 rings (SSSR count). The van der Waals surface area contributed by atoms with Gasteiger partial charge in [0.2, 0.25) is 11.7 Å². The van der Waals surface area contributed by atoms with Gasteiger partial charge in [-0.25, -0.2) is 9.37 Å². The normalized spacial score (nSPS) is 11.3. The number of carbonyl (C=O) groups is 3. The summed E-state index contributed by atoms with van der Waals surface area (Å²) >= 11 is 0.983. The van der Waals surface area contributed by atoms with Gasteiger partial charge < -0.3 is 26.0 Å². The molecule has 0 radical (unpaired) electrons. The van der Waals surface area contributed by atoms with Gasteiger partial charge in [0.05, 0.1) is 6.54 Å². The zero-order valence-electron chi connectivity index (χ0n) is 19.6. The Kier molecular flexibility index (Phi) is 8.24. The number of anilines is 3. The van der Waals surface area contributed by atoms with E-state index in [0.29, 0.717) is 17.0 Å². The highest BCUT2D eigenvalue weighted by molar-refractivity contribution is 7.18. The van der Waals surface area contributed by atoms with Crippen LogP contribution in [0.5, 0.6) is 5.75 Å². The minimum Gasteiger partial charge on any atom is -0.484 e. The fourth-order valence-electron chi connectivity index (χ4n) is 3.13. The van der Waals surface area contributed by atoms with Crippen LogP contribution in [0.25, 0.3) is 0 Å². The molecule has 2 amide bonds. The summed E-state index contributed by atoms with van der Waals surface area (Å²) in [5.74, 6) is 0.986. The molecule has 2 aromatic carbocycles. The van der Waals surface area contributed by atoms with Crippen LogP contribution in [0.2, 0.25) is 0 Å². The number of ether oxygens (including phenoxy) is 1. The van der Waals surface area contributed by atoms with Crippen molar-refractivity contribution in [3.8, 4) is 18.1 Å². The van der Waals surface area contributed by atoms with Crippen LogP contribution in [0.15, 0.2) is 48.5 Å². The second-order valence-electron chi connectivity index (χ2n) is 7.73. The van der Waals surface area contributed by atoms with Gasteiger partial charge in [0, 0.05) is 18.3 Å². The third kappa shape index (κ3) is 5.97. The average Bonchev–Trinajstić information content (AvgIpc) is 3.24. The van der Waals surface area contributed by atoms with E-state index in [2.05, 4.69) is 10.9 Å². The van der Waals surface area contributed by atoms with Gasteiger partial charge in [0.15, 0.2) is 11.7 Å². The summed E-state index contributed by atoms with van der Waals surface area (Å²) in [6.07, 6.45) is 5.19. The minimum atomic E-state index is -0.845. The zero-order valence-corrected chi connectivity index (χ0v) is 20.4. The van der Waals surface area contributed by atoms with E-state index in [1.807, 2.05) is 0 Å². The fraction of sp³-hybridized carbons (Fsp3) is 0.200. The molecule has 11 heteroatoms. The zero-order chi connectivity index (χ0) is 26.4. The van der Waals surface area contributed by atoms with Gasteiger partial charge in [-0.3, -0.25) is 14.4 Å². The number of thiazole rings is 1. The molecule has 0 spiro atoms. The average molecular weight is 510 g/mol. The van der Waals surface area contributed by atoms with E-state index in [1.165, 1.54) is 46.2 Å². The minimum absolute atomic E-state index is 0.0220. The number of hydrogen-bond donors (Lipinski definition) is 2.